The Labute approximate surface area is 112 Å². The highest BCUT2D eigenvalue weighted by Gasteiger charge is 2.11. The molecule has 0 aliphatic rings. The van der Waals surface area contributed by atoms with Gasteiger partial charge in [-0.3, -0.25) is 0 Å². The van der Waals surface area contributed by atoms with Crippen molar-refractivity contribution in [1.29, 1.82) is 0 Å². The Kier molecular flexibility index (Phi) is 4.50. The molecular weight excluding hydrogens is 245 g/mol. The Balaban J connectivity index is 2.24. The van der Waals surface area contributed by atoms with Gasteiger partial charge in [-0.15, -0.1) is 11.3 Å². The van der Waals surface area contributed by atoms with Crippen LogP contribution in [-0.2, 0) is 0 Å². The molecular formula is C15H18FNS. The molecule has 0 saturated heterocycles. The maximum atomic E-state index is 13.2. The molecule has 1 aromatic carbocycles. The van der Waals surface area contributed by atoms with E-state index in [2.05, 4.69) is 31.3 Å². The Morgan fingerprint density at radius 1 is 1.22 bits per heavy atom. The minimum absolute atomic E-state index is 0.179. The van der Waals surface area contributed by atoms with Crippen molar-refractivity contribution < 1.29 is 4.39 Å². The van der Waals surface area contributed by atoms with Gasteiger partial charge < -0.3 is 5.32 Å². The molecule has 3 heteroatoms. The lowest BCUT2D eigenvalue weighted by Crippen LogP contribution is -2.18. The second kappa shape index (κ2) is 6.12. The van der Waals surface area contributed by atoms with E-state index in [1.807, 2.05) is 6.07 Å². The van der Waals surface area contributed by atoms with Gasteiger partial charge in [-0.05, 0) is 42.8 Å². The van der Waals surface area contributed by atoms with Crippen LogP contribution in [0.2, 0.25) is 0 Å². The molecule has 0 aliphatic carbocycles. The first kappa shape index (κ1) is 13.2. The van der Waals surface area contributed by atoms with Crippen LogP contribution in [0.3, 0.4) is 0 Å². The first-order valence-corrected chi connectivity index (χ1v) is 7.15. The number of nitrogens with one attached hydrogen (secondary N) is 1. The molecule has 1 nitrogen and oxygen atoms in total. The molecule has 0 radical (unpaired) electrons. The maximum absolute atomic E-state index is 13.2. The first-order valence-electron chi connectivity index (χ1n) is 6.33. The molecule has 96 valence electrons. The molecule has 2 rings (SSSR count). The third kappa shape index (κ3) is 2.98. The van der Waals surface area contributed by atoms with Crippen LogP contribution in [0.4, 0.5) is 4.39 Å². The predicted molar refractivity (Wildman–Crippen MR) is 76.4 cm³/mol. The van der Waals surface area contributed by atoms with Crippen molar-refractivity contribution in [2.75, 3.05) is 6.54 Å². The average molecular weight is 263 g/mol. The van der Waals surface area contributed by atoms with Gasteiger partial charge in [0.15, 0.2) is 0 Å². The molecule has 1 atom stereocenters. The Hall–Kier alpha value is -1.19. The van der Waals surface area contributed by atoms with E-state index in [-0.39, 0.29) is 5.82 Å². The van der Waals surface area contributed by atoms with E-state index in [1.54, 1.807) is 23.5 Å². The lowest BCUT2D eigenvalue weighted by molar-refractivity contribution is 0.545. The monoisotopic (exact) mass is 263 g/mol. The number of hydrogen-bond donors (Lipinski definition) is 1. The summed E-state index contributed by atoms with van der Waals surface area (Å²) >= 11 is 1.74. The molecule has 0 saturated carbocycles. The van der Waals surface area contributed by atoms with Gasteiger partial charge in [-0.25, -0.2) is 4.39 Å². The molecule has 1 unspecified atom stereocenters. The van der Waals surface area contributed by atoms with E-state index in [4.69, 9.17) is 0 Å². The fraction of sp³-hybridized carbons (Fsp3) is 0.333. The van der Waals surface area contributed by atoms with Gasteiger partial charge in [0.2, 0.25) is 0 Å². The van der Waals surface area contributed by atoms with Gasteiger partial charge in [0.05, 0.1) is 0 Å². The number of hydrogen-bond acceptors (Lipinski definition) is 2. The van der Waals surface area contributed by atoms with E-state index in [0.29, 0.717) is 6.04 Å². The summed E-state index contributed by atoms with van der Waals surface area (Å²) in [6.45, 7) is 5.25. The van der Waals surface area contributed by atoms with Gasteiger partial charge in [0, 0.05) is 15.8 Å². The zero-order valence-corrected chi connectivity index (χ0v) is 11.6. The Morgan fingerprint density at radius 3 is 2.72 bits per heavy atom. The van der Waals surface area contributed by atoms with Crippen molar-refractivity contribution in [1.82, 2.24) is 5.32 Å². The number of thiophene rings is 1. The van der Waals surface area contributed by atoms with Crippen molar-refractivity contribution in [3.8, 4) is 10.4 Å². The highest BCUT2D eigenvalue weighted by Crippen LogP contribution is 2.32. The van der Waals surface area contributed by atoms with Gasteiger partial charge in [-0.1, -0.05) is 26.0 Å². The molecule has 1 heterocycles. The highest BCUT2D eigenvalue weighted by molar-refractivity contribution is 7.15. The summed E-state index contributed by atoms with van der Waals surface area (Å²) in [6, 6.07) is 11.4. The van der Waals surface area contributed by atoms with E-state index < -0.39 is 0 Å². The van der Waals surface area contributed by atoms with Crippen LogP contribution in [0.15, 0.2) is 36.4 Å². The maximum Gasteiger partial charge on any atom is 0.123 e. The largest absolute Gasteiger partial charge is 0.310 e. The van der Waals surface area contributed by atoms with Crippen molar-refractivity contribution in [2.45, 2.75) is 26.3 Å². The number of rotatable bonds is 5. The third-order valence-corrected chi connectivity index (χ3v) is 4.19. The minimum atomic E-state index is -0.179. The summed E-state index contributed by atoms with van der Waals surface area (Å²) < 4.78 is 13.2. The Morgan fingerprint density at radius 2 is 2.06 bits per heavy atom. The van der Waals surface area contributed by atoms with E-state index in [9.17, 15) is 4.39 Å². The lowest BCUT2D eigenvalue weighted by atomic mass is 10.1. The zero-order chi connectivity index (χ0) is 13.0. The van der Waals surface area contributed by atoms with Gasteiger partial charge in [-0.2, -0.15) is 0 Å². The van der Waals surface area contributed by atoms with Gasteiger partial charge >= 0.3 is 0 Å². The highest BCUT2D eigenvalue weighted by atomic mass is 32.1. The summed E-state index contributed by atoms with van der Waals surface area (Å²) in [5.41, 5.74) is 0.956. The van der Waals surface area contributed by atoms with Crippen molar-refractivity contribution in [2.24, 2.45) is 0 Å². The van der Waals surface area contributed by atoms with Crippen LogP contribution < -0.4 is 5.32 Å². The molecule has 0 amide bonds. The smallest absolute Gasteiger partial charge is 0.123 e. The van der Waals surface area contributed by atoms with Gasteiger partial charge in [0.25, 0.3) is 0 Å². The van der Waals surface area contributed by atoms with Crippen molar-refractivity contribution >= 4 is 11.3 Å². The normalized spacial score (nSPS) is 12.6. The average Bonchev–Trinajstić information content (AvgIpc) is 2.85. The van der Waals surface area contributed by atoms with Crippen molar-refractivity contribution in [3.05, 3.63) is 47.1 Å². The van der Waals surface area contributed by atoms with Crippen LogP contribution in [0.25, 0.3) is 10.4 Å². The predicted octanol–water partition coefficient (Wildman–Crippen LogP) is 4.61. The SMILES string of the molecule is CCNC(CC)c1ccc(-c2cccc(F)c2)s1. The molecule has 1 aromatic heterocycles. The van der Waals surface area contributed by atoms with E-state index in [0.717, 1.165) is 23.4 Å². The molecule has 0 aliphatic heterocycles. The molecule has 0 spiro atoms. The van der Waals surface area contributed by atoms with E-state index >= 15 is 0 Å². The van der Waals surface area contributed by atoms with Crippen LogP contribution >= 0.6 is 11.3 Å². The second-order valence-corrected chi connectivity index (χ2v) is 5.35. The van der Waals surface area contributed by atoms with Crippen molar-refractivity contribution in [3.63, 3.8) is 0 Å². The quantitative estimate of drug-likeness (QED) is 0.830. The first-order chi connectivity index (χ1) is 8.74. The van der Waals surface area contributed by atoms with Crippen LogP contribution in [-0.4, -0.2) is 6.54 Å². The topological polar surface area (TPSA) is 12.0 Å². The molecule has 1 N–H and O–H groups in total. The Bertz CT molecular complexity index is 507. The van der Waals surface area contributed by atoms with Crippen LogP contribution in [0.1, 0.15) is 31.2 Å². The summed E-state index contributed by atoms with van der Waals surface area (Å²) in [5.74, 6) is -0.179. The standard InChI is InChI=1S/C15H18FNS/c1-3-13(17-4-2)15-9-8-14(18-15)11-6-5-7-12(16)10-11/h5-10,13,17H,3-4H2,1-2H3. The molecule has 2 aromatic rings. The minimum Gasteiger partial charge on any atom is -0.310 e. The number of halogens is 1. The van der Waals surface area contributed by atoms with Gasteiger partial charge in [0.1, 0.15) is 5.82 Å². The summed E-state index contributed by atoms with van der Waals surface area (Å²) in [7, 11) is 0. The fourth-order valence-electron chi connectivity index (χ4n) is 2.03. The molecule has 18 heavy (non-hydrogen) atoms. The van der Waals surface area contributed by atoms with Crippen LogP contribution in [0, 0.1) is 5.82 Å². The lowest BCUT2D eigenvalue weighted by Gasteiger charge is -2.13. The number of benzene rings is 1. The summed E-state index contributed by atoms with van der Waals surface area (Å²) in [4.78, 5) is 2.44. The second-order valence-electron chi connectivity index (χ2n) is 4.23. The summed E-state index contributed by atoms with van der Waals surface area (Å²) in [6.07, 6.45) is 1.07. The molecule has 0 bridgehead atoms. The summed E-state index contributed by atoms with van der Waals surface area (Å²) in [5, 5.41) is 3.46. The molecule has 0 fully saturated rings. The van der Waals surface area contributed by atoms with Crippen LogP contribution in [0.5, 0.6) is 0 Å². The third-order valence-electron chi connectivity index (χ3n) is 2.94. The fourth-order valence-corrected chi connectivity index (χ4v) is 3.19. The van der Waals surface area contributed by atoms with E-state index in [1.165, 1.54) is 10.9 Å². The zero-order valence-electron chi connectivity index (χ0n) is 10.7.